The molecule has 0 radical (unpaired) electrons. The highest BCUT2D eigenvalue weighted by molar-refractivity contribution is 5.92. The Kier molecular flexibility index (Phi) is 4.56. The van der Waals surface area contributed by atoms with Crippen molar-refractivity contribution in [3.05, 3.63) is 59.7 Å². The Bertz CT molecular complexity index is 667. The van der Waals surface area contributed by atoms with Crippen molar-refractivity contribution in [2.45, 2.75) is 6.92 Å². The first-order valence-corrected chi connectivity index (χ1v) is 6.36. The fourth-order valence-corrected chi connectivity index (χ4v) is 1.82. The maximum Gasteiger partial charge on any atom is 0.262 e. The van der Waals surface area contributed by atoms with Gasteiger partial charge in [0.25, 0.3) is 5.91 Å². The van der Waals surface area contributed by atoms with Gasteiger partial charge in [-0.15, -0.1) is 0 Å². The second kappa shape index (κ2) is 6.56. The number of carboxylic acids is 1. The van der Waals surface area contributed by atoms with E-state index in [1.54, 1.807) is 18.2 Å². The first-order chi connectivity index (χ1) is 10.1. The third-order valence-corrected chi connectivity index (χ3v) is 2.77. The van der Waals surface area contributed by atoms with Crippen molar-refractivity contribution < 1.29 is 19.4 Å². The number of amides is 1. The van der Waals surface area contributed by atoms with Gasteiger partial charge in [0.15, 0.2) is 6.61 Å². The van der Waals surface area contributed by atoms with Gasteiger partial charge in [-0.3, -0.25) is 4.79 Å². The van der Waals surface area contributed by atoms with Gasteiger partial charge in [-0.1, -0.05) is 24.3 Å². The summed E-state index contributed by atoms with van der Waals surface area (Å²) in [5.74, 6) is -1.60. The molecule has 2 rings (SSSR count). The minimum absolute atomic E-state index is 0.0825. The van der Waals surface area contributed by atoms with E-state index in [0.29, 0.717) is 5.69 Å². The Morgan fingerprint density at radius 1 is 1.14 bits per heavy atom. The molecule has 1 N–H and O–H groups in total. The van der Waals surface area contributed by atoms with Crippen LogP contribution in [0.4, 0.5) is 5.69 Å². The number of hydrogen-bond acceptors (Lipinski definition) is 4. The summed E-state index contributed by atoms with van der Waals surface area (Å²) in [5, 5.41) is 13.6. The molecule has 0 aromatic heterocycles. The van der Waals surface area contributed by atoms with E-state index < -0.39 is 5.97 Å². The Labute approximate surface area is 122 Å². The summed E-state index contributed by atoms with van der Waals surface area (Å²) in [7, 11) is 0. The summed E-state index contributed by atoms with van der Waals surface area (Å²) >= 11 is 0. The van der Waals surface area contributed by atoms with Gasteiger partial charge in [0, 0.05) is 11.3 Å². The molecule has 1 amide bonds. The Morgan fingerprint density at radius 3 is 2.62 bits per heavy atom. The maximum atomic E-state index is 11.8. The lowest BCUT2D eigenvalue weighted by molar-refractivity contribution is -0.255. The Morgan fingerprint density at radius 2 is 1.90 bits per heavy atom. The molecule has 0 saturated carbocycles. The fourth-order valence-electron chi connectivity index (χ4n) is 1.82. The van der Waals surface area contributed by atoms with E-state index >= 15 is 0 Å². The number of carbonyl (C=O) groups is 2. The van der Waals surface area contributed by atoms with E-state index in [9.17, 15) is 14.7 Å². The molecule has 5 nitrogen and oxygen atoms in total. The highest BCUT2D eigenvalue weighted by Gasteiger charge is 2.07. The molecule has 0 aliphatic heterocycles. The van der Waals surface area contributed by atoms with Crippen molar-refractivity contribution in [3.8, 4) is 5.75 Å². The van der Waals surface area contributed by atoms with Crippen molar-refractivity contribution >= 4 is 17.6 Å². The fraction of sp³-hybridized carbons (Fsp3) is 0.125. The number of carbonyl (C=O) groups excluding carboxylic acids is 2. The van der Waals surface area contributed by atoms with E-state index in [1.807, 2.05) is 25.1 Å². The normalized spacial score (nSPS) is 9.95. The molecule has 0 saturated heterocycles. The van der Waals surface area contributed by atoms with E-state index in [2.05, 4.69) is 5.32 Å². The molecule has 5 heteroatoms. The summed E-state index contributed by atoms with van der Waals surface area (Å²) in [6, 6.07) is 13.4. The van der Waals surface area contributed by atoms with Crippen LogP contribution < -0.4 is 15.2 Å². The van der Waals surface area contributed by atoms with Crippen LogP contribution in [0.2, 0.25) is 0 Å². The smallest absolute Gasteiger partial charge is 0.262 e. The van der Waals surface area contributed by atoms with Crippen molar-refractivity contribution in [1.29, 1.82) is 0 Å². The van der Waals surface area contributed by atoms with Crippen LogP contribution in [0.3, 0.4) is 0 Å². The van der Waals surface area contributed by atoms with Gasteiger partial charge in [-0.25, -0.2) is 0 Å². The largest absolute Gasteiger partial charge is 0.545 e. The van der Waals surface area contributed by atoms with Gasteiger partial charge in [-0.2, -0.15) is 0 Å². The molecule has 0 atom stereocenters. The summed E-state index contributed by atoms with van der Waals surface area (Å²) in [4.78, 5) is 22.7. The van der Waals surface area contributed by atoms with Crippen LogP contribution in [0.25, 0.3) is 0 Å². The zero-order chi connectivity index (χ0) is 15.2. The molecule has 2 aromatic carbocycles. The van der Waals surface area contributed by atoms with E-state index in [0.717, 1.165) is 5.56 Å². The molecule has 0 aliphatic carbocycles. The third kappa shape index (κ3) is 4.07. The molecule has 0 aliphatic rings. The number of hydrogen-bond donors (Lipinski definition) is 1. The number of aromatic carboxylic acids is 1. The predicted molar refractivity (Wildman–Crippen MR) is 76.1 cm³/mol. The lowest BCUT2D eigenvalue weighted by atomic mass is 10.2. The molecule has 21 heavy (non-hydrogen) atoms. The SMILES string of the molecule is Cc1cccc(NC(=O)COc2ccccc2C(=O)[O-])c1. The second-order valence-electron chi connectivity index (χ2n) is 4.49. The zero-order valence-electron chi connectivity index (χ0n) is 11.5. The van der Waals surface area contributed by atoms with Gasteiger partial charge in [0.05, 0.1) is 5.97 Å². The average molecular weight is 284 g/mol. The zero-order valence-corrected chi connectivity index (χ0v) is 11.5. The van der Waals surface area contributed by atoms with E-state index in [-0.39, 0.29) is 23.8 Å². The molecule has 0 spiro atoms. The molecule has 0 bridgehead atoms. The quantitative estimate of drug-likeness (QED) is 0.899. The summed E-state index contributed by atoms with van der Waals surface area (Å²) in [6.45, 7) is 1.64. The van der Waals surface area contributed by atoms with Crippen LogP contribution >= 0.6 is 0 Å². The van der Waals surface area contributed by atoms with Crippen LogP contribution in [-0.4, -0.2) is 18.5 Å². The molecular weight excluding hydrogens is 270 g/mol. The van der Waals surface area contributed by atoms with Gasteiger partial charge >= 0.3 is 0 Å². The topological polar surface area (TPSA) is 78.5 Å². The Hall–Kier alpha value is -2.82. The molecule has 108 valence electrons. The van der Waals surface area contributed by atoms with Crippen molar-refractivity contribution in [3.63, 3.8) is 0 Å². The van der Waals surface area contributed by atoms with Crippen molar-refractivity contribution in [1.82, 2.24) is 0 Å². The number of para-hydroxylation sites is 1. The summed E-state index contributed by atoms with van der Waals surface area (Å²) in [6.07, 6.45) is 0. The minimum atomic E-state index is -1.34. The van der Waals surface area contributed by atoms with Crippen LogP contribution in [-0.2, 0) is 4.79 Å². The number of rotatable bonds is 5. The molecule has 0 unspecified atom stereocenters. The van der Waals surface area contributed by atoms with Crippen molar-refractivity contribution in [2.75, 3.05) is 11.9 Å². The summed E-state index contributed by atoms with van der Waals surface area (Å²) in [5.41, 5.74) is 1.61. The first kappa shape index (κ1) is 14.6. The number of benzene rings is 2. The average Bonchev–Trinajstić information content (AvgIpc) is 2.45. The number of anilines is 1. The van der Waals surface area contributed by atoms with Crippen LogP contribution in [0.1, 0.15) is 15.9 Å². The van der Waals surface area contributed by atoms with Crippen LogP contribution in [0.5, 0.6) is 5.75 Å². The number of ether oxygens (including phenoxy) is 1. The maximum absolute atomic E-state index is 11.8. The minimum Gasteiger partial charge on any atom is -0.545 e. The van der Waals surface area contributed by atoms with E-state index in [1.165, 1.54) is 12.1 Å². The number of aryl methyl sites for hydroxylation is 1. The predicted octanol–water partition coefficient (Wildman–Crippen LogP) is 1.38. The van der Waals surface area contributed by atoms with Gasteiger partial charge < -0.3 is 20.0 Å². The highest BCUT2D eigenvalue weighted by atomic mass is 16.5. The molecular formula is C16H14NO4-. The van der Waals surface area contributed by atoms with Crippen molar-refractivity contribution in [2.24, 2.45) is 0 Å². The second-order valence-corrected chi connectivity index (χ2v) is 4.49. The highest BCUT2D eigenvalue weighted by Crippen LogP contribution is 2.17. The number of carboxylic acid groups (broad SMARTS) is 1. The Balaban J connectivity index is 1.97. The standard InChI is InChI=1S/C16H15NO4/c1-11-5-4-6-12(9-11)17-15(18)10-21-14-8-3-2-7-13(14)16(19)20/h2-9H,10H2,1H3,(H,17,18)(H,19,20)/p-1. The van der Waals surface area contributed by atoms with Gasteiger partial charge in [-0.05, 0) is 36.8 Å². The number of nitrogens with one attached hydrogen (secondary N) is 1. The molecule has 0 heterocycles. The van der Waals surface area contributed by atoms with Crippen LogP contribution in [0.15, 0.2) is 48.5 Å². The summed E-state index contributed by atoms with van der Waals surface area (Å²) < 4.78 is 5.23. The van der Waals surface area contributed by atoms with Gasteiger partial charge in [0.2, 0.25) is 0 Å². The monoisotopic (exact) mass is 284 g/mol. The van der Waals surface area contributed by atoms with Gasteiger partial charge in [0.1, 0.15) is 5.75 Å². The first-order valence-electron chi connectivity index (χ1n) is 6.36. The molecule has 2 aromatic rings. The molecule has 0 fully saturated rings. The lowest BCUT2D eigenvalue weighted by Gasteiger charge is -2.12. The van der Waals surface area contributed by atoms with E-state index in [4.69, 9.17) is 4.74 Å². The third-order valence-electron chi connectivity index (χ3n) is 2.77. The van der Waals surface area contributed by atoms with Crippen LogP contribution in [0, 0.1) is 6.92 Å². The lowest BCUT2D eigenvalue weighted by Crippen LogP contribution is -2.25.